The molecule has 0 saturated carbocycles. The number of ether oxygens (including phenoxy) is 1. The summed E-state index contributed by atoms with van der Waals surface area (Å²) in [7, 11) is 3.75. The number of likely N-dealkylation sites (N-methyl/N-ethyl adjacent to an activating group) is 1. The third kappa shape index (κ3) is 3.01. The maximum absolute atomic E-state index is 12.9. The Morgan fingerprint density at radius 2 is 1.96 bits per heavy atom. The number of rotatable bonds is 2. The molecule has 0 amide bonds. The lowest BCUT2D eigenvalue weighted by Crippen LogP contribution is -2.46. The van der Waals surface area contributed by atoms with E-state index in [1.807, 2.05) is 24.3 Å². The molecule has 1 saturated heterocycles. The number of methoxy groups -OCH3 is 1. The Balaban J connectivity index is 1.87. The van der Waals surface area contributed by atoms with Gasteiger partial charge >= 0.3 is 0 Å². The Morgan fingerprint density at radius 3 is 2.68 bits per heavy atom. The molecule has 0 N–H and O–H groups in total. The average Bonchev–Trinajstić information content (AvgIpc) is 2.64. The van der Waals surface area contributed by atoms with Gasteiger partial charge in [-0.2, -0.15) is 0 Å². The van der Waals surface area contributed by atoms with Gasteiger partial charge in [-0.15, -0.1) is 11.3 Å². The van der Waals surface area contributed by atoms with Crippen LogP contribution in [-0.4, -0.2) is 50.2 Å². The molecule has 1 aromatic rings. The average molecular weight is 420 g/mol. The predicted octanol–water partition coefficient (Wildman–Crippen LogP) is 3.28. The van der Waals surface area contributed by atoms with Gasteiger partial charge in [0.1, 0.15) is 5.75 Å². The minimum absolute atomic E-state index is 0.0392. The van der Waals surface area contributed by atoms with Crippen LogP contribution in [0.2, 0.25) is 0 Å². The molecule has 5 nitrogen and oxygen atoms in total. The molecule has 0 unspecified atom stereocenters. The van der Waals surface area contributed by atoms with Crippen molar-refractivity contribution in [3.63, 3.8) is 0 Å². The maximum atomic E-state index is 12.9. The van der Waals surface area contributed by atoms with Crippen molar-refractivity contribution in [2.75, 3.05) is 45.2 Å². The van der Waals surface area contributed by atoms with E-state index in [0.717, 1.165) is 58.4 Å². The molecule has 7 heteroatoms. The summed E-state index contributed by atoms with van der Waals surface area (Å²) in [6.45, 7) is 3.64. The van der Waals surface area contributed by atoms with E-state index in [4.69, 9.17) is 9.72 Å². The normalized spacial score (nSPS) is 15.9. The van der Waals surface area contributed by atoms with Crippen LogP contribution < -0.4 is 15.1 Å². The van der Waals surface area contributed by atoms with E-state index >= 15 is 0 Å². The topological polar surface area (TPSA) is 45.7 Å². The first-order valence-electron chi connectivity index (χ1n) is 8.11. The highest BCUT2D eigenvalue weighted by atomic mass is 79.9. The Bertz CT molecular complexity index is 967. The summed E-state index contributed by atoms with van der Waals surface area (Å²) in [4.78, 5) is 23.0. The van der Waals surface area contributed by atoms with Crippen molar-refractivity contribution < 1.29 is 4.74 Å². The summed E-state index contributed by atoms with van der Waals surface area (Å²) in [5, 5.41) is 0. The molecular weight excluding hydrogens is 402 g/mol. The van der Waals surface area contributed by atoms with Gasteiger partial charge in [-0.3, -0.25) is 4.79 Å². The lowest BCUT2D eigenvalue weighted by molar-refractivity contribution is 0.312. The lowest BCUT2D eigenvalue weighted by atomic mass is 10.2. The van der Waals surface area contributed by atoms with Crippen LogP contribution >= 0.6 is 27.3 Å². The highest BCUT2D eigenvalue weighted by Gasteiger charge is 2.22. The molecule has 1 aromatic carbocycles. The Hall–Kier alpha value is -1.70. The number of anilines is 1. The lowest BCUT2D eigenvalue weighted by Gasteiger charge is -2.34. The van der Waals surface area contributed by atoms with Crippen molar-refractivity contribution in [1.29, 1.82) is 0 Å². The molecule has 1 fully saturated rings. The van der Waals surface area contributed by atoms with E-state index in [-0.39, 0.29) is 5.43 Å². The third-order valence-electron chi connectivity index (χ3n) is 4.60. The fourth-order valence-corrected chi connectivity index (χ4v) is 4.74. The molecule has 2 aliphatic heterocycles. The standard InChI is InChI=1S/C18H18BrN3O2S/c1-21-5-7-22(8-6-21)14-10-13-18(16(19)17(14)23)25-15-9-11(24-2)3-4-12(15)20-13/h3-4,9-10H,5-8H2,1-2H3. The molecular formula is C18H18BrN3O2S. The van der Waals surface area contributed by atoms with Gasteiger partial charge in [-0.25, -0.2) is 4.98 Å². The Kier molecular flexibility index (Phi) is 4.39. The number of nitrogens with zero attached hydrogens (tertiary/aromatic N) is 3. The zero-order chi connectivity index (χ0) is 17.6. The van der Waals surface area contributed by atoms with Crippen molar-refractivity contribution in [2.24, 2.45) is 0 Å². The minimum atomic E-state index is 0.0392. The quantitative estimate of drug-likeness (QED) is 0.596. The van der Waals surface area contributed by atoms with E-state index in [0.29, 0.717) is 4.47 Å². The van der Waals surface area contributed by atoms with Crippen LogP contribution in [0.1, 0.15) is 0 Å². The van der Waals surface area contributed by atoms with Crippen LogP contribution in [0.25, 0.3) is 20.8 Å². The summed E-state index contributed by atoms with van der Waals surface area (Å²) >= 11 is 5.08. The van der Waals surface area contributed by atoms with Crippen molar-refractivity contribution in [3.8, 4) is 16.3 Å². The summed E-state index contributed by atoms with van der Waals surface area (Å²) in [5.74, 6) is 0.789. The second-order valence-electron chi connectivity index (χ2n) is 6.22. The highest BCUT2D eigenvalue weighted by Crippen LogP contribution is 2.37. The van der Waals surface area contributed by atoms with Gasteiger partial charge in [0.2, 0.25) is 5.43 Å². The van der Waals surface area contributed by atoms with Crippen LogP contribution in [0.3, 0.4) is 0 Å². The molecule has 130 valence electrons. The van der Waals surface area contributed by atoms with Crippen LogP contribution in [-0.2, 0) is 0 Å². The number of piperazine rings is 1. The monoisotopic (exact) mass is 419 g/mol. The number of benzene rings is 2. The second kappa shape index (κ2) is 6.55. The third-order valence-corrected chi connectivity index (χ3v) is 6.78. The summed E-state index contributed by atoms with van der Waals surface area (Å²) in [5.41, 5.74) is 2.54. The van der Waals surface area contributed by atoms with Gasteiger partial charge < -0.3 is 14.5 Å². The minimum Gasteiger partial charge on any atom is -0.497 e. The maximum Gasteiger partial charge on any atom is 0.217 e. The van der Waals surface area contributed by atoms with Crippen molar-refractivity contribution in [3.05, 3.63) is 39.0 Å². The first kappa shape index (κ1) is 16.8. The van der Waals surface area contributed by atoms with Gasteiger partial charge in [-0.05, 0) is 47.2 Å². The van der Waals surface area contributed by atoms with Crippen LogP contribution in [0, 0.1) is 0 Å². The van der Waals surface area contributed by atoms with Gasteiger partial charge in [0.05, 0.1) is 38.1 Å². The van der Waals surface area contributed by atoms with Crippen molar-refractivity contribution in [1.82, 2.24) is 9.88 Å². The number of hydrogen-bond donors (Lipinski definition) is 0. The molecule has 1 aliphatic carbocycles. The summed E-state index contributed by atoms with van der Waals surface area (Å²) in [6.07, 6.45) is 0. The SMILES string of the molecule is COc1ccc2nc3cc(N4CCN(C)CC4)c(=O)c(Br)c-3sc2c1. The van der Waals surface area contributed by atoms with E-state index in [1.54, 1.807) is 18.4 Å². The molecule has 0 bridgehead atoms. The van der Waals surface area contributed by atoms with Gasteiger partial charge in [-0.1, -0.05) is 0 Å². The summed E-state index contributed by atoms with van der Waals surface area (Å²) < 4.78 is 6.89. The number of fused-ring (bicyclic) bond motifs is 2. The van der Waals surface area contributed by atoms with Crippen LogP contribution in [0.15, 0.2) is 33.5 Å². The molecule has 0 radical (unpaired) electrons. The number of aromatic nitrogens is 1. The summed E-state index contributed by atoms with van der Waals surface area (Å²) in [6, 6.07) is 7.76. The van der Waals surface area contributed by atoms with E-state index in [9.17, 15) is 4.79 Å². The second-order valence-corrected chi connectivity index (χ2v) is 8.07. The van der Waals surface area contributed by atoms with Gasteiger partial charge in [0.15, 0.2) is 0 Å². The smallest absolute Gasteiger partial charge is 0.217 e. The highest BCUT2D eigenvalue weighted by molar-refractivity contribution is 9.10. The van der Waals surface area contributed by atoms with Crippen molar-refractivity contribution >= 4 is 43.2 Å². The zero-order valence-electron chi connectivity index (χ0n) is 14.1. The largest absolute Gasteiger partial charge is 0.497 e. The van der Waals surface area contributed by atoms with E-state index < -0.39 is 0 Å². The Morgan fingerprint density at radius 1 is 1.20 bits per heavy atom. The molecule has 0 spiro atoms. The fraction of sp³-hybridized carbons (Fsp3) is 0.333. The Labute approximate surface area is 158 Å². The number of hydrogen-bond acceptors (Lipinski definition) is 6. The van der Waals surface area contributed by atoms with Gasteiger partial charge in [0.25, 0.3) is 0 Å². The fourth-order valence-electron chi connectivity index (χ4n) is 3.09. The van der Waals surface area contributed by atoms with E-state index in [2.05, 4.69) is 32.8 Å². The molecule has 0 aromatic heterocycles. The molecule has 0 atom stereocenters. The number of halogens is 1. The van der Waals surface area contributed by atoms with Crippen LogP contribution in [0.4, 0.5) is 5.69 Å². The predicted molar refractivity (Wildman–Crippen MR) is 106 cm³/mol. The first-order valence-corrected chi connectivity index (χ1v) is 9.72. The first-order chi connectivity index (χ1) is 12.1. The molecule has 4 rings (SSSR count). The molecule has 25 heavy (non-hydrogen) atoms. The van der Waals surface area contributed by atoms with Crippen molar-refractivity contribution in [2.45, 2.75) is 0 Å². The van der Waals surface area contributed by atoms with Gasteiger partial charge in [0, 0.05) is 26.2 Å². The zero-order valence-corrected chi connectivity index (χ0v) is 16.5. The molecule has 2 heterocycles. The van der Waals surface area contributed by atoms with E-state index in [1.165, 1.54) is 0 Å². The van der Waals surface area contributed by atoms with Crippen LogP contribution in [0.5, 0.6) is 5.75 Å². The molecule has 3 aliphatic rings.